The molecule has 5 heterocycles. The van der Waals surface area contributed by atoms with Crippen LogP contribution in [0.5, 0.6) is 11.5 Å². The van der Waals surface area contributed by atoms with Crippen LogP contribution in [-0.2, 0) is 27.4 Å². The van der Waals surface area contributed by atoms with E-state index in [2.05, 4.69) is 10.3 Å². The molecule has 6 rings (SSSR count). The topological polar surface area (TPSA) is 90.0 Å². The van der Waals surface area contributed by atoms with Crippen molar-refractivity contribution in [2.75, 3.05) is 13.3 Å². The van der Waals surface area contributed by atoms with E-state index in [9.17, 15) is 9.59 Å². The van der Waals surface area contributed by atoms with Crippen LogP contribution in [-0.4, -0.2) is 46.7 Å². The highest BCUT2D eigenvalue weighted by Gasteiger charge is 2.66. The fourth-order valence-corrected chi connectivity index (χ4v) is 5.08. The average molecular weight is 419 g/mol. The maximum absolute atomic E-state index is 13.4. The normalized spacial score (nSPS) is 29.5. The number of nitrogens with one attached hydrogen (secondary N) is 1. The lowest BCUT2D eigenvalue weighted by atomic mass is 9.77. The van der Waals surface area contributed by atoms with Gasteiger partial charge in [-0.05, 0) is 29.3 Å². The van der Waals surface area contributed by atoms with Gasteiger partial charge in [-0.1, -0.05) is 24.3 Å². The number of pyridine rings is 1. The second-order valence-electron chi connectivity index (χ2n) is 8.36. The molecule has 4 aliphatic rings. The SMILES string of the molecule is O=C(NCc1cccnc1)[C@H]1[C@H]2C(=O)N(Cc3ccc4c(c3)OCO4)C[C@@]23C=C[C@H]1O3. The summed E-state index contributed by atoms with van der Waals surface area (Å²) < 4.78 is 17.0. The maximum Gasteiger partial charge on any atom is 0.231 e. The highest BCUT2D eigenvalue weighted by Crippen LogP contribution is 2.52. The Labute approximate surface area is 178 Å². The molecule has 31 heavy (non-hydrogen) atoms. The summed E-state index contributed by atoms with van der Waals surface area (Å²) in [5.41, 5.74) is 1.13. The summed E-state index contributed by atoms with van der Waals surface area (Å²) in [6.45, 7) is 1.45. The number of fused-ring (bicyclic) bond motifs is 2. The molecule has 0 saturated carbocycles. The van der Waals surface area contributed by atoms with Crippen molar-refractivity contribution in [3.05, 3.63) is 66.0 Å². The second-order valence-corrected chi connectivity index (χ2v) is 8.36. The van der Waals surface area contributed by atoms with Gasteiger partial charge in [0.05, 0.1) is 24.5 Å². The summed E-state index contributed by atoms with van der Waals surface area (Å²) in [5, 5.41) is 2.95. The standard InChI is InChI=1S/C23H21N3O5/c27-21(25-10-15-2-1-7-24-9-15)19-17-5-6-23(31-17)12-26(22(28)20(19)23)11-14-3-4-16-18(8-14)30-13-29-16/h1-9,17,19-20H,10-13H2,(H,25,27)/t17-,19-,20+,23+/m1/s1. The number of carbonyl (C=O) groups is 2. The molecule has 4 atom stereocenters. The smallest absolute Gasteiger partial charge is 0.231 e. The molecular weight excluding hydrogens is 398 g/mol. The quantitative estimate of drug-likeness (QED) is 0.737. The number of hydrogen-bond donors (Lipinski definition) is 1. The molecule has 0 unspecified atom stereocenters. The van der Waals surface area contributed by atoms with Crippen molar-refractivity contribution < 1.29 is 23.8 Å². The zero-order valence-electron chi connectivity index (χ0n) is 16.7. The summed E-state index contributed by atoms with van der Waals surface area (Å²) in [7, 11) is 0. The lowest BCUT2D eigenvalue weighted by Gasteiger charge is -2.23. The van der Waals surface area contributed by atoms with Gasteiger partial charge in [-0.2, -0.15) is 0 Å². The number of rotatable bonds is 5. The first kappa shape index (κ1) is 18.4. The van der Waals surface area contributed by atoms with Crippen molar-refractivity contribution >= 4 is 11.8 Å². The van der Waals surface area contributed by atoms with E-state index < -0.39 is 17.4 Å². The fourth-order valence-electron chi connectivity index (χ4n) is 5.08. The van der Waals surface area contributed by atoms with Crippen molar-refractivity contribution in [2.24, 2.45) is 11.8 Å². The van der Waals surface area contributed by atoms with Crippen LogP contribution in [0.2, 0.25) is 0 Å². The summed E-state index contributed by atoms with van der Waals surface area (Å²) in [6, 6.07) is 9.41. The molecule has 1 aromatic heterocycles. The Morgan fingerprint density at radius 1 is 1.23 bits per heavy atom. The first-order valence-corrected chi connectivity index (χ1v) is 10.3. The molecule has 2 fully saturated rings. The Kier molecular flexibility index (Phi) is 4.04. The minimum absolute atomic E-state index is 0.0500. The third-order valence-corrected chi connectivity index (χ3v) is 6.48. The van der Waals surface area contributed by atoms with Gasteiger partial charge >= 0.3 is 0 Å². The number of benzene rings is 1. The predicted molar refractivity (Wildman–Crippen MR) is 108 cm³/mol. The third kappa shape index (κ3) is 2.90. The second kappa shape index (κ2) is 6.81. The Morgan fingerprint density at radius 2 is 2.13 bits per heavy atom. The summed E-state index contributed by atoms with van der Waals surface area (Å²) in [5.74, 6) is 0.144. The van der Waals surface area contributed by atoms with Crippen LogP contribution >= 0.6 is 0 Å². The van der Waals surface area contributed by atoms with Gasteiger partial charge in [0, 0.05) is 25.5 Å². The average Bonchev–Trinajstić information content (AvgIpc) is 3.54. The minimum Gasteiger partial charge on any atom is -0.454 e. The highest BCUT2D eigenvalue weighted by atomic mass is 16.7. The van der Waals surface area contributed by atoms with Crippen LogP contribution in [0.15, 0.2) is 54.9 Å². The Bertz CT molecular complexity index is 1090. The van der Waals surface area contributed by atoms with Gasteiger partial charge in [0.15, 0.2) is 11.5 Å². The van der Waals surface area contributed by atoms with Crippen molar-refractivity contribution in [3.63, 3.8) is 0 Å². The zero-order valence-corrected chi connectivity index (χ0v) is 16.7. The summed E-state index contributed by atoms with van der Waals surface area (Å²) in [4.78, 5) is 32.2. The van der Waals surface area contributed by atoms with Gasteiger partial charge < -0.3 is 24.4 Å². The third-order valence-electron chi connectivity index (χ3n) is 6.48. The lowest BCUT2D eigenvalue weighted by Crippen LogP contribution is -2.43. The van der Waals surface area contributed by atoms with Crippen LogP contribution in [0.4, 0.5) is 0 Å². The molecule has 1 N–H and O–H groups in total. The molecular formula is C23H21N3O5. The molecule has 0 radical (unpaired) electrons. The molecule has 1 aromatic carbocycles. The molecule has 0 aliphatic carbocycles. The Hall–Kier alpha value is -3.39. The van der Waals surface area contributed by atoms with E-state index in [0.29, 0.717) is 31.1 Å². The van der Waals surface area contributed by atoms with E-state index in [1.807, 2.05) is 42.5 Å². The number of ether oxygens (including phenoxy) is 3. The van der Waals surface area contributed by atoms with Crippen molar-refractivity contribution in [1.82, 2.24) is 15.2 Å². The van der Waals surface area contributed by atoms with Crippen molar-refractivity contribution in [3.8, 4) is 11.5 Å². The van der Waals surface area contributed by atoms with E-state index >= 15 is 0 Å². The van der Waals surface area contributed by atoms with Crippen LogP contribution in [0.3, 0.4) is 0 Å². The Balaban J connectivity index is 1.19. The Morgan fingerprint density at radius 3 is 3.00 bits per heavy atom. The van der Waals surface area contributed by atoms with Crippen LogP contribution in [0.25, 0.3) is 0 Å². The highest BCUT2D eigenvalue weighted by molar-refractivity contribution is 5.93. The van der Waals surface area contributed by atoms with Gasteiger partial charge in [-0.15, -0.1) is 0 Å². The molecule has 8 nitrogen and oxygen atoms in total. The first-order chi connectivity index (χ1) is 15.1. The van der Waals surface area contributed by atoms with Gasteiger partial charge in [0.2, 0.25) is 18.6 Å². The number of likely N-dealkylation sites (tertiary alicyclic amines) is 1. The number of carbonyl (C=O) groups excluding carboxylic acids is 2. The minimum atomic E-state index is -0.728. The monoisotopic (exact) mass is 419 g/mol. The molecule has 8 heteroatoms. The van der Waals surface area contributed by atoms with E-state index in [1.54, 1.807) is 17.3 Å². The molecule has 2 saturated heterocycles. The summed E-state index contributed by atoms with van der Waals surface area (Å²) >= 11 is 0. The van der Waals surface area contributed by atoms with E-state index in [1.165, 1.54) is 0 Å². The maximum atomic E-state index is 13.4. The van der Waals surface area contributed by atoms with Crippen molar-refractivity contribution in [1.29, 1.82) is 0 Å². The largest absolute Gasteiger partial charge is 0.454 e. The van der Waals surface area contributed by atoms with Gasteiger partial charge in [0.25, 0.3) is 0 Å². The van der Waals surface area contributed by atoms with E-state index in [-0.39, 0.29) is 24.7 Å². The van der Waals surface area contributed by atoms with E-state index in [0.717, 1.165) is 11.1 Å². The van der Waals surface area contributed by atoms with Crippen LogP contribution in [0.1, 0.15) is 11.1 Å². The molecule has 2 amide bonds. The van der Waals surface area contributed by atoms with Gasteiger partial charge in [-0.25, -0.2) is 0 Å². The van der Waals surface area contributed by atoms with Crippen LogP contribution < -0.4 is 14.8 Å². The predicted octanol–water partition coefficient (Wildman–Crippen LogP) is 1.41. The lowest BCUT2D eigenvalue weighted by molar-refractivity contribution is -0.137. The molecule has 4 aliphatic heterocycles. The van der Waals surface area contributed by atoms with Crippen molar-refractivity contribution in [2.45, 2.75) is 24.8 Å². The summed E-state index contributed by atoms with van der Waals surface area (Å²) in [6.07, 6.45) is 6.92. The van der Waals surface area contributed by atoms with E-state index in [4.69, 9.17) is 14.2 Å². The molecule has 2 aromatic rings. The van der Waals surface area contributed by atoms with Gasteiger partial charge in [-0.3, -0.25) is 14.6 Å². The molecule has 158 valence electrons. The number of nitrogens with zero attached hydrogens (tertiary/aromatic N) is 2. The zero-order chi connectivity index (χ0) is 21.0. The number of hydrogen-bond acceptors (Lipinski definition) is 6. The fraction of sp³-hybridized carbons (Fsp3) is 0.348. The number of amides is 2. The molecule has 2 bridgehead atoms. The van der Waals surface area contributed by atoms with Gasteiger partial charge in [0.1, 0.15) is 5.60 Å². The first-order valence-electron chi connectivity index (χ1n) is 10.3. The number of aromatic nitrogens is 1. The molecule has 1 spiro atoms. The van der Waals surface area contributed by atoms with Crippen LogP contribution in [0, 0.1) is 11.8 Å².